The molecule has 0 aliphatic carbocycles. The lowest BCUT2D eigenvalue weighted by Gasteiger charge is -2.21. The van der Waals surface area contributed by atoms with Gasteiger partial charge in [-0.25, -0.2) is 0 Å². The zero-order valence-electron chi connectivity index (χ0n) is 24.3. The van der Waals surface area contributed by atoms with E-state index in [-0.39, 0.29) is 0 Å². The van der Waals surface area contributed by atoms with Crippen molar-refractivity contribution in [1.82, 2.24) is 0 Å². The van der Waals surface area contributed by atoms with E-state index in [0.717, 1.165) is 0 Å². The van der Waals surface area contributed by atoms with Crippen LogP contribution >= 0.6 is 0 Å². The van der Waals surface area contributed by atoms with Gasteiger partial charge in [-0.3, -0.25) is 0 Å². The summed E-state index contributed by atoms with van der Waals surface area (Å²) in [5, 5.41) is 8.35. The van der Waals surface area contributed by atoms with E-state index in [2.05, 4.69) is 160 Å². The van der Waals surface area contributed by atoms with Crippen molar-refractivity contribution in [3.05, 3.63) is 145 Å². The molecule has 1 heterocycles. The fourth-order valence-corrected chi connectivity index (χ4v) is 10.4. The molecule has 0 saturated heterocycles. The molecule has 0 bridgehead atoms. The molecule has 1 aliphatic rings. The number of fused-ring (bicyclic) bond motifs is 5. The summed E-state index contributed by atoms with van der Waals surface area (Å²) in [5.41, 5.74) is 11.9. The van der Waals surface area contributed by atoms with Crippen LogP contribution in [-0.2, 0) is 0 Å². The molecule has 7 aromatic rings. The third-order valence-corrected chi connectivity index (χ3v) is 12.9. The predicted octanol–water partition coefficient (Wildman–Crippen LogP) is 10.1. The maximum atomic E-state index is 2.50. The van der Waals surface area contributed by atoms with Crippen LogP contribution in [-0.4, -0.2) is 8.07 Å². The molecule has 7 aromatic carbocycles. The maximum absolute atomic E-state index is 2.50. The molecular formula is C41H32Si. The summed E-state index contributed by atoms with van der Waals surface area (Å²) in [6, 6.07) is 52.0. The minimum atomic E-state index is -1.79. The average Bonchev–Trinajstić information content (AvgIpc) is 3.27. The van der Waals surface area contributed by atoms with Crippen molar-refractivity contribution in [3.63, 3.8) is 0 Å². The maximum Gasteiger partial charge on any atom is 0.113 e. The van der Waals surface area contributed by atoms with E-state index in [1.54, 1.807) is 10.4 Å². The number of rotatable bonds is 3. The van der Waals surface area contributed by atoms with E-state index in [4.69, 9.17) is 0 Å². The molecule has 0 fully saturated rings. The van der Waals surface area contributed by atoms with Crippen LogP contribution in [0.25, 0.3) is 66.1 Å². The lowest BCUT2D eigenvalue weighted by Crippen LogP contribution is -2.49. The zero-order valence-corrected chi connectivity index (χ0v) is 25.3. The van der Waals surface area contributed by atoms with Crippen molar-refractivity contribution in [2.24, 2.45) is 0 Å². The summed E-state index contributed by atoms with van der Waals surface area (Å²) in [5.74, 6) is 0. The number of hydrogen-bond donors (Lipinski definition) is 0. The van der Waals surface area contributed by atoms with Gasteiger partial charge in [-0.05, 0) is 83.3 Å². The Morgan fingerprint density at radius 2 is 0.952 bits per heavy atom. The first-order valence-corrected chi connectivity index (χ1v) is 17.9. The molecule has 200 valence electrons. The molecule has 0 N–H and O–H groups in total. The van der Waals surface area contributed by atoms with E-state index >= 15 is 0 Å². The fourth-order valence-electron chi connectivity index (χ4n) is 7.32. The van der Waals surface area contributed by atoms with Crippen molar-refractivity contribution in [3.8, 4) is 44.5 Å². The lowest BCUT2D eigenvalue weighted by molar-refractivity contribution is 1.51. The molecule has 0 nitrogen and oxygen atoms in total. The molecule has 1 heteroatoms. The Morgan fingerprint density at radius 3 is 1.74 bits per heavy atom. The molecule has 0 spiro atoms. The van der Waals surface area contributed by atoms with Gasteiger partial charge in [0.2, 0.25) is 0 Å². The number of benzene rings is 7. The topological polar surface area (TPSA) is 0 Å². The summed E-state index contributed by atoms with van der Waals surface area (Å²) in [6.45, 7) is 7.22. The Balaban J connectivity index is 1.45. The molecule has 8 rings (SSSR count). The van der Waals surface area contributed by atoms with Crippen LogP contribution in [0.3, 0.4) is 0 Å². The second-order valence-corrected chi connectivity index (χ2v) is 16.5. The Morgan fingerprint density at radius 1 is 0.381 bits per heavy atom. The van der Waals surface area contributed by atoms with Gasteiger partial charge in [-0.15, -0.1) is 0 Å². The first kappa shape index (κ1) is 25.0. The van der Waals surface area contributed by atoms with Crippen LogP contribution in [0.15, 0.2) is 140 Å². The van der Waals surface area contributed by atoms with Gasteiger partial charge in [0.1, 0.15) is 8.07 Å². The standard InChI is InChI=1S/C41H32Si/c1-27-20-25-33-36(26-27)40(35-17-11-19-38-41(35)34-16-9-10-18-37(34)42(38,2)3)32-15-8-7-14-31(32)39(33)30-23-21-29(22-24-30)28-12-5-4-6-13-28/h4-26H,1-3H3. The van der Waals surface area contributed by atoms with Crippen LogP contribution in [0, 0.1) is 6.92 Å². The highest BCUT2D eigenvalue weighted by atomic mass is 28.3. The van der Waals surface area contributed by atoms with Gasteiger partial charge < -0.3 is 0 Å². The second-order valence-electron chi connectivity index (χ2n) is 12.2. The zero-order chi connectivity index (χ0) is 28.4. The summed E-state index contributed by atoms with van der Waals surface area (Å²) in [7, 11) is -1.79. The third kappa shape index (κ3) is 3.67. The minimum Gasteiger partial charge on any atom is -0.0623 e. The molecule has 0 radical (unpaired) electrons. The van der Waals surface area contributed by atoms with Gasteiger partial charge >= 0.3 is 0 Å². The van der Waals surface area contributed by atoms with Crippen LogP contribution < -0.4 is 10.4 Å². The highest BCUT2D eigenvalue weighted by Crippen LogP contribution is 2.47. The monoisotopic (exact) mass is 552 g/mol. The van der Waals surface area contributed by atoms with Gasteiger partial charge in [0.15, 0.2) is 0 Å². The summed E-state index contributed by atoms with van der Waals surface area (Å²) < 4.78 is 0. The largest absolute Gasteiger partial charge is 0.113 e. The minimum absolute atomic E-state index is 1.24. The molecular weight excluding hydrogens is 521 g/mol. The molecule has 0 aromatic heterocycles. The van der Waals surface area contributed by atoms with Crippen molar-refractivity contribution in [2.45, 2.75) is 20.0 Å². The number of aryl methyl sites for hydroxylation is 1. The normalized spacial score (nSPS) is 13.3. The van der Waals surface area contributed by atoms with Gasteiger partial charge in [-0.2, -0.15) is 0 Å². The van der Waals surface area contributed by atoms with Gasteiger partial charge in [0, 0.05) is 0 Å². The summed E-state index contributed by atoms with van der Waals surface area (Å²) >= 11 is 0. The van der Waals surface area contributed by atoms with E-state index in [1.807, 2.05) is 0 Å². The predicted molar refractivity (Wildman–Crippen MR) is 185 cm³/mol. The molecule has 0 unspecified atom stereocenters. The smallest absolute Gasteiger partial charge is 0.0623 e. The first-order chi connectivity index (χ1) is 20.5. The van der Waals surface area contributed by atoms with E-state index in [9.17, 15) is 0 Å². The average molecular weight is 553 g/mol. The van der Waals surface area contributed by atoms with Crippen molar-refractivity contribution in [1.29, 1.82) is 0 Å². The summed E-state index contributed by atoms with van der Waals surface area (Å²) in [6.07, 6.45) is 0. The molecule has 42 heavy (non-hydrogen) atoms. The Kier molecular flexibility index (Phi) is 5.60. The quantitative estimate of drug-likeness (QED) is 0.151. The van der Waals surface area contributed by atoms with Crippen molar-refractivity contribution in [2.75, 3.05) is 0 Å². The highest BCUT2D eigenvalue weighted by Gasteiger charge is 2.38. The third-order valence-electron chi connectivity index (χ3n) is 9.34. The van der Waals surface area contributed by atoms with Crippen LogP contribution in [0.1, 0.15) is 5.56 Å². The molecule has 0 amide bonds. The summed E-state index contributed by atoms with van der Waals surface area (Å²) in [4.78, 5) is 0. The molecule has 0 saturated carbocycles. The van der Waals surface area contributed by atoms with Crippen LogP contribution in [0.5, 0.6) is 0 Å². The van der Waals surface area contributed by atoms with E-state index in [1.165, 1.54) is 71.6 Å². The molecule has 1 aliphatic heterocycles. The highest BCUT2D eigenvalue weighted by molar-refractivity contribution is 7.04. The molecule has 0 atom stereocenters. The van der Waals surface area contributed by atoms with Crippen molar-refractivity contribution < 1.29 is 0 Å². The Hall–Kier alpha value is -4.72. The second kappa shape index (κ2) is 9.41. The fraction of sp³-hybridized carbons (Fsp3) is 0.0732. The van der Waals surface area contributed by atoms with Crippen LogP contribution in [0.2, 0.25) is 13.1 Å². The van der Waals surface area contributed by atoms with Gasteiger partial charge in [0.05, 0.1) is 0 Å². The SMILES string of the molecule is Cc1ccc2c(-c3ccc(-c4ccccc4)cc3)c3ccccc3c(-c3cccc4c3-c3ccccc3[Si]4(C)C)c2c1. The van der Waals surface area contributed by atoms with Gasteiger partial charge in [-0.1, -0.05) is 158 Å². The Labute approximate surface area is 248 Å². The number of hydrogen-bond acceptors (Lipinski definition) is 0. The first-order valence-electron chi connectivity index (χ1n) is 14.9. The van der Waals surface area contributed by atoms with Crippen molar-refractivity contribution >= 4 is 40.0 Å². The van der Waals surface area contributed by atoms with Crippen LogP contribution in [0.4, 0.5) is 0 Å². The Bertz CT molecular complexity index is 2150. The van der Waals surface area contributed by atoms with E-state index < -0.39 is 8.07 Å². The van der Waals surface area contributed by atoms with Gasteiger partial charge in [0.25, 0.3) is 0 Å². The lowest BCUT2D eigenvalue weighted by atomic mass is 9.83. The van der Waals surface area contributed by atoms with E-state index in [0.29, 0.717) is 0 Å².